The number of nitrogens with two attached hydrogens (primary N) is 1. The van der Waals surface area contributed by atoms with Crippen LogP contribution < -0.4 is 5.73 Å². The van der Waals surface area contributed by atoms with Gasteiger partial charge in [-0.2, -0.15) is 0 Å². The smallest absolute Gasteiger partial charge is 0.153 e. The number of Topliss-reactive ketones (excluding diaryl/α,β-unsaturated/α-hetero) is 1. The van der Waals surface area contributed by atoms with Crippen molar-refractivity contribution in [2.45, 2.75) is 26.3 Å². The van der Waals surface area contributed by atoms with Crippen molar-refractivity contribution in [2.75, 3.05) is 0 Å². The van der Waals surface area contributed by atoms with Crippen molar-refractivity contribution in [2.24, 2.45) is 11.7 Å². The highest BCUT2D eigenvalue weighted by Gasteiger charge is 2.14. The molecule has 0 rings (SSSR count). The Balaban J connectivity index is 3.81. The van der Waals surface area contributed by atoms with Crippen molar-refractivity contribution < 1.29 is 4.79 Å². The highest BCUT2D eigenvalue weighted by molar-refractivity contribution is 5.85. The molecule has 0 aromatic carbocycles. The van der Waals surface area contributed by atoms with Crippen LogP contribution in [0.25, 0.3) is 0 Å². The lowest BCUT2D eigenvalue weighted by Gasteiger charge is -2.12. The van der Waals surface area contributed by atoms with E-state index in [1.165, 1.54) is 0 Å². The van der Waals surface area contributed by atoms with Gasteiger partial charge in [-0.3, -0.25) is 4.79 Å². The molecule has 0 aliphatic rings. The zero-order valence-electron chi connectivity index (χ0n) is 6.63. The van der Waals surface area contributed by atoms with E-state index in [0.29, 0.717) is 6.42 Å². The van der Waals surface area contributed by atoms with Gasteiger partial charge in [-0.15, -0.1) is 6.58 Å². The van der Waals surface area contributed by atoms with Crippen LogP contribution in [0.4, 0.5) is 0 Å². The lowest BCUT2D eigenvalue weighted by atomic mass is 9.99. The molecule has 0 fully saturated rings. The minimum absolute atomic E-state index is 0.0741. The molecule has 0 saturated carbocycles. The first-order valence-corrected chi connectivity index (χ1v) is 3.48. The Kier molecular flexibility index (Phi) is 3.96. The third kappa shape index (κ3) is 2.78. The van der Waals surface area contributed by atoms with Gasteiger partial charge in [0.15, 0.2) is 5.78 Å². The maximum atomic E-state index is 11.0. The minimum atomic E-state index is -0.321. The third-order valence-corrected chi connectivity index (χ3v) is 1.44. The maximum absolute atomic E-state index is 11.0. The van der Waals surface area contributed by atoms with Gasteiger partial charge in [0, 0.05) is 6.42 Å². The van der Waals surface area contributed by atoms with E-state index in [2.05, 4.69) is 6.58 Å². The zero-order chi connectivity index (χ0) is 8.15. The summed E-state index contributed by atoms with van der Waals surface area (Å²) in [6.45, 7) is 7.34. The molecule has 0 aliphatic carbocycles. The number of carbonyl (C=O) groups is 1. The SMILES string of the molecule is C=CCC(=O)[C@@H](N)C(C)C. The fourth-order valence-electron chi connectivity index (χ4n) is 0.650. The molecule has 0 saturated heterocycles. The van der Waals surface area contributed by atoms with Gasteiger partial charge < -0.3 is 5.73 Å². The Morgan fingerprint density at radius 3 is 2.50 bits per heavy atom. The Hall–Kier alpha value is -0.630. The Bertz CT molecular complexity index is 129. The van der Waals surface area contributed by atoms with Crippen LogP contribution in [0, 0.1) is 5.92 Å². The van der Waals surface area contributed by atoms with Crippen molar-refractivity contribution in [1.82, 2.24) is 0 Å². The second kappa shape index (κ2) is 4.23. The fourth-order valence-corrected chi connectivity index (χ4v) is 0.650. The van der Waals surface area contributed by atoms with Crippen LogP contribution >= 0.6 is 0 Å². The number of ketones is 1. The molecule has 2 N–H and O–H groups in total. The van der Waals surface area contributed by atoms with Gasteiger partial charge in [-0.05, 0) is 5.92 Å². The molecule has 10 heavy (non-hydrogen) atoms. The summed E-state index contributed by atoms with van der Waals surface area (Å²) in [6.07, 6.45) is 1.98. The van der Waals surface area contributed by atoms with E-state index >= 15 is 0 Å². The summed E-state index contributed by atoms with van der Waals surface area (Å²) in [4.78, 5) is 11.0. The van der Waals surface area contributed by atoms with Crippen LogP contribution in [0.3, 0.4) is 0 Å². The van der Waals surface area contributed by atoms with Crippen molar-refractivity contribution in [3.8, 4) is 0 Å². The third-order valence-electron chi connectivity index (χ3n) is 1.44. The van der Waals surface area contributed by atoms with Crippen LogP contribution in [0.1, 0.15) is 20.3 Å². The van der Waals surface area contributed by atoms with Crippen LogP contribution in [0.15, 0.2) is 12.7 Å². The van der Waals surface area contributed by atoms with Gasteiger partial charge in [0.2, 0.25) is 0 Å². The van der Waals surface area contributed by atoms with Crippen LogP contribution in [-0.2, 0) is 4.79 Å². The minimum Gasteiger partial charge on any atom is -0.321 e. The van der Waals surface area contributed by atoms with Gasteiger partial charge >= 0.3 is 0 Å². The molecule has 0 radical (unpaired) electrons. The quantitative estimate of drug-likeness (QED) is 0.596. The van der Waals surface area contributed by atoms with Gasteiger partial charge in [-0.25, -0.2) is 0 Å². The van der Waals surface area contributed by atoms with Gasteiger partial charge in [-0.1, -0.05) is 19.9 Å². The van der Waals surface area contributed by atoms with Gasteiger partial charge in [0.1, 0.15) is 0 Å². The van der Waals surface area contributed by atoms with E-state index in [0.717, 1.165) is 0 Å². The first-order valence-electron chi connectivity index (χ1n) is 3.48. The first-order chi connectivity index (χ1) is 4.59. The van der Waals surface area contributed by atoms with Crippen LogP contribution in [0.5, 0.6) is 0 Å². The predicted molar refractivity (Wildman–Crippen MR) is 42.6 cm³/mol. The summed E-state index contributed by atoms with van der Waals surface area (Å²) in [7, 11) is 0. The van der Waals surface area contributed by atoms with Crippen LogP contribution in [-0.4, -0.2) is 11.8 Å². The molecule has 0 aromatic heterocycles. The summed E-state index contributed by atoms with van der Waals surface area (Å²) in [6, 6.07) is -0.321. The summed E-state index contributed by atoms with van der Waals surface area (Å²) >= 11 is 0. The Morgan fingerprint density at radius 2 is 2.20 bits per heavy atom. The summed E-state index contributed by atoms with van der Waals surface area (Å²) in [5, 5.41) is 0. The average Bonchev–Trinajstić information content (AvgIpc) is 1.87. The molecule has 1 atom stereocenters. The molecule has 2 nitrogen and oxygen atoms in total. The second-order valence-corrected chi connectivity index (χ2v) is 2.73. The number of rotatable bonds is 4. The molecule has 0 spiro atoms. The highest BCUT2D eigenvalue weighted by Crippen LogP contribution is 2.01. The first kappa shape index (κ1) is 9.37. The topological polar surface area (TPSA) is 43.1 Å². The number of hydrogen-bond acceptors (Lipinski definition) is 2. The molecule has 58 valence electrons. The predicted octanol–water partition coefficient (Wildman–Crippen LogP) is 1.11. The molecule has 0 aromatic rings. The molecule has 0 amide bonds. The molecule has 0 aliphatic heterocycles. The van der Waals surface area contributed by atoms with Crippen molar-refractivity contribution in [3.63, 3.8) is 0 Å². The van der Waals surface area contributed by atoms with Crippen molar-refractivity contribution in [3.05, 3.63) is 12.7 Å². The normalized spacial score (nSPS) is 13.2. The van der Waals surface area contributed by atoms with E-state index in [1.807, 2.05) is 13.8 Å². The molecular formula is C8H15NO. The van der Waals surface area contributed by atoms with Gasteiger partial charge in [0.05, 0.1) is 6.04 Å². The van der Waals surface area contributed by atoms with Gasteiger partial charge in [0.25, 0.3) is 0 Å². The summed E-state index contributed by atoms with van der Waals surface area (Å²) in [5.41, 5.74) is 5.55. The Labute approximate surface area is 62.1 Å². The Morgan fingerprint density at radius 1 is 1.70 bits per heavy atom. The molecule has 0 bridgehead atoms. The largest absolute Gasteiger partial charge is 0.321 e. The number of allylic oxidation sites excluding steroid dienone is 1. The molecule has 0 heterocycles. The van der Waals surface area contributed by atoms with E-state index < -0.39 is 0 Å². The zero-order valence-corrected chi connectivity index (χ0v) is 6.63. The second-order valence-electron chi connectivity index (χ2n) is 2.73. The molecule has 2 heteroatoms. The van der Waals surface area contributed by atoms with Crippen molar-refractivity contribution >= 4 is 5.78 Å². The standard InChI is InChI=1S/C8H15NO/c1-4-5-7(10)8(9)6(2)3/h4,6,8H,1,5,9H2,2-3H3/t8-/m0/s1. The highest BCUT2D eigenvalue weighted by atomic mass is 16.1. The van der Waals surface area contributed by atoms with E-state index in [4.69, 9.17) is 5.73 Å². The summed E-state index contributed by atoms with van der Waals surface area (Å²) < 4.78 is 0. The number of carbonyl (C=O) groups excluding carboxylic acids is 1. The summed E-state index contributed by atoms with van der Waals surface area (Å²) in [5.74, 6) is 0.303. The number of hydrogen-bond donors (Lipinski definition) is 1. The van der Waals surface area contributed by atoms with Crippen molar-refractivity contribution in [1.29, 1.82) is 0 Å². The fraction of sp³-hybridized carbons (Fsp3) is 0.625. The van der Waals surface area contributed by atoms with E-state index in [-0.39, 0.29) is 17.7 Å². The van der Waals surface area contributed by atoms with Crippen LogP contribution in [0.2, 0.25) is 0 Å². The lowest BCUT2D eigenvalue weighted by Crippen LogP contribution is -2.34. The maximum Gasteiger partial charge on any atom is 0.153 e. The average molecular weight is 141 g/mol. The molecule has 0 unspecified atom stereocenters. The lowest BCUT2D eigenvalue weighted by molar-refractivity contribution is -0.120. The monoisotopic (exact) mass is 141 g/mol. The van der Waals surface area contributed by atoms with E-state index in [1.54, 1.807) is 6.08 Å². The van der Waals surface area contributed by atoms with E-state index in [9.17, 15) is 4.79 Å². The molecular weight excluding hydrogens is 126 g/mol.